The van der Waals surface area contributed by atoms with Crippen molar-refractivity contribution in [2.75, 3.05) is 13.2 Å². The predicted octanol–water partition coefficient (Wildman–Crippen LogP) is 0.777. The summed E-state index contributed by atoms with van der Waals surface area (Å²) in [6.07, 6.45) is -0.950. The van der Waals surface area contributed by atoms with Crippen LogP contribution >= 0.6 is 0 Å². The van der Waals surface area contributed by atoms with Crippen molar-refractivity contribution in [2.45, 2.75) is 25.7 Å². The molecule has 3 heterocycles. The number of benzene rings is 1. The topological polar surface area (TPSA) is 83.5 Å². The summed E-state index contributed by atoms with van der Waals surface area (Å²) >= 11 is 0. The number of rotatable bonds is 4. The van der Waals surface area contributed by atoms with E-state index in [0.717, 1.165) is 28.7 Å². The van der Waals surface area contributed by atoms with E-state index in [1.165, 1.54) is 0 Å². The maximum Gasteiger partial charge on any atom is 0.255 e. The molecule has 136 valence electrons. The van der Waals surface area contributed by atoms with Crippen LogP contribution in [0.15, 0.2) is 41.2 Å². The van der Waals surface area contributed by atoms with E-state index >= 15 is 0 Å². The molecule has 7 nitrogen and oxygen atoms in total. The van der Waals surface area contributed by atoms with Gasteiger partial charge >= 0.3 is 0 Å². The van der Waals surface area contributed by atoms with Gasteiger partial charge in [-0.05, 0) is 23.6 Å². The quantitative estimate of drug-likeness (QED) is 0.723. The highest BCUT2D eigenvalue weighted by molar-refractivity contribution is 5.79. The van der Waals surface area contributed by atoms with E-state index < -0.39 is 6.10 Å². The van der Waals surface area contributed by atoms with E-state index in [1.807, 2.05) is 48.1 Å². The minimum absolute atomic E-state index is 0.0270. The highest BCUT2D eigenvalue weighted by Gasteiger charge is 2.22. The Labute approximate surface area is 150 Å². The third kappa shape index (κ3) is 2.94. The number of nitrogens with zero attached hydrogens (tertiary/aromatic N) is 4. The summed E-state index contributed by atoms with van der Waals surface area (Å²) in [4.78, 5) is 14.9. The summed E-state index contributed by atoms with van der Waals surface area (Å²) in [6.45, 7) is 2.36. The Morgan fingerprint density at radius 1 is 1.23 bits per heavy atom. The van der Waals surface area contributed by atoms with Crippen LogP contribution in [0.3, 0.4) is 0 Å². The molecule has 1 aliphatic heterocycles. The first-order valence-corrected chi connectivity index (χ1v) is 8.72. The number of aliphatic hydroxyl groups excluding tert-OH is 2. The Morgan fingerprint density at radius 2 is 2.04 bits per heavy atom. The van der Waals surface area contributed by atoms with Crippen molar-refractivity contribution in [1.29, 1.82) is 0 Å². The summed E-state index contributed by atoms with van der Waals surface area (Å²) in [5, 5.41) is 24.3. The Kier molecular flexibility index (Phi) is 4.36. The van der Waals surface area contributed by atoms with Crippen LogP contribution < -0.4 is 5.56 Å². The number of aliphatic hydroxyl groups is 2. The molecule has 1 aromatic carbocycles. The zero-order valence-electron chi connectivity index (χ0n) is 14.7. The van der Waals surface area contributed by atoms with Crippen LogP contribution in [0.5, 0.6) is 0 Å². The van der Waals surface area contributed by atoms with Crippen LogP contribution in [0.25, 0.3) is 10.9 Å². The van der Waals surface area contributed by atoms with E-state index in [0.29, 0.717) is 25.3 Å². The van der Waals surface area contributed by atoms with Crippen molar-refractivity contribution in [1.82, 2.24) is 19.2 Å². The molecule has 0 radical (unpaired) electrons. The third-order valence-electron chi connectivity index (χ3n) is 5.01. The second-order valence-electron chi connectivity index (χ2n) is 6.79. The lowest BCUT2D eigenvalue weighted by Crippen LogP contribution is -2.35. The number of aryl methyl sites for hydroxylation is 1. The molecule has 1 aliphatic rings. The van der Waals surface area contributed by atoms with Gasteiger partial charge < -0.3 is 14.8 Å². The fourth-order valence-corrected chi connectivity index (χ4v) is 3.58. The lowest BCUT2D eigenvalue weighted by atomic mass is 10.1. The van der Waals surface area contributed by atoms with Gasteiger partial charge in [-0.1, -0.05) is 18.2 Å². The molecule has 0 amide bonds. The van der Waals surface area contributed by atoms with Crippen molar-refractivity contribution >= 4 is 10.9 Å². The first-order valence-electron chi connectivity index (χ1n) is 8.72. The summed E-state index contributed by atoms with van der Waals surface area (Å²) < 4.78 is 3.57. The second kappa shape index (κ2) is 6.68. The maximum absolute atomic E-state index is 12.7. The molecule has 26 heavy (non-hydrogen) atoms. The molecular weight excluding hydrogens is 332 g/mol. The average Bonchev–Trinajstić information content (AvgIpc) is 3.08. The SMILES string of the molecule is Cn1c(=O)c(CN2CCn3nc([C@@H](O)CO)cc3C2)cc2ccccc21. The first kappa shape index (κ1) is 17.0. The predicted molar refractivity (Wildman–Crippen MR) is 97.6 cm³/mol. The molecule has 3 aromatic rings. The Morgan fingerprint density at radius 3 is 2.85 bits per heavy atom. The average molecular weight is 354 g/mol. The highest BCUT2D eigenvalue weighted by atomic mass is 16.3. The number of pyridine rings is 1. The van der Waals surface area contributed by atoms with Gasteiger partial charge in [-0.15, -0.1) is 0 Å². The van der Waals surface area contributed by atoms with Gasteiger partial charge in [-0.3, -0.25) is 14.4 Å². The van der Waals surface area contributed by atoms with Gasteiger partial charge in [0.25, 0.3) is 5.56 Å². The number of hydrogen-bond donors (Lipinski definition) is 2. The van der Waals surface area contributed by atoms with Crippen LogP contribution in [0.4, 0.5) is 0 Å². The van der Waals surface area contributed by atoms with Crippen LogP contribution in [-0.2, 0) is 26.7 Å². The number of fused-ring (bicyclic) bond motifs is 2. The van der Waals surface area contributed by atoms with E-state index in [-0.39, 0.29) is 12.2 Å². The number of aromatic nitrogens is 3. The van der Waals surface area contributed by atoms with E-state index in [1.54, 1.807) is 4.57 Å². The molecule has 0 saturated heterocycles. The minimum atomic E-state index is -0.950. The van der Waals surface area contributed by atoms with Gasteiger partial charge in [0.1, 0.15) is 6.10 Å². The minimum Gasteiger partial charge on any atom is -0.393 e. The maximum atomic E-state index is 12.7. The van der Waals surface area contributed by atoms with Crippen molar-refractivity contribution in [3.05, 3.63) is 63.7 Å². The fraction of sp³-hybridized carbons (Fsp3) is 0.368. The monoisotopic (exact) mass is 354 g/mol. The Hall–Kier alpha value is -2.48. The van der Waals surface area contributed by atoms with Crippen LogP contribution in [0.2, 0.25) is 0 Å². The second-order valence-corrected chi connectivity index (χ2v) is 6.79. The van der Waals surface area contributed by atoms with Crippen LogP contribution in [0, 0.1) is 0 Å². The smallest absolute Gasteiger partial charge is 0.255 e. The van der Waals surface area contributed by atoms with E-state index in [2.05, 4.69) is 10.00 Å². The van der Waals surface area contributed by atoms with Crippen molar-refractivity contribution in [2.24, 2.45) is 7.05 Å². The standard InChI is InChI=1S/C19H22N4O3/c1-21-17-5-3-2-4-13(17)8-14(19(21)26)10-22-6-7-23-15(11-22)9-16(20-23)18(25)12-24/h2-5,8-9,18,24-25H,6-7,10-12H2,1H3/t18-/m0/s1. The Balaban J connectivity index is 1.59. The molecule has 7 heteroatoms. The molecule has 2 N–H and O–H groups in total. The molecule has 0 saturated carbocycles. The van der Waals surface area contributed by atoms with Gasteiger partial charge in [-0.2, -0.15) is 5.10 Å². The number of para-hydroxylation sites is 1. The van der Waals surface area contributed by atoms with Gasteiger partial charge in [-0.25, -0.2) is 0 Å². The highest BCUT2D eigenvalue weighted by Crippen LogP contribution is 2.20. The molecule has 0 fully saturated rings. The largest absolute Gasteiger partial charge is 0.393 e. The summed E-state index contributed by atoms with van der Waals surface area (Å²) in [5.74, 6) is 0. The summed E-state index contributed by atoms with van der Waals surface area (Å²) in [7, 11) is 1.81. The van der Waals surface area contributed by atoms with Crippen molar-refractivity contribution in [3.63, 3.8) is 0 Å². The van der Waals surface area contributed by atoms with Crippen molar-refractivity contribution in [3.8, 4) is 0 Å². The lowest BCUT2D eigenvalue weighted by Gasteiger charge is -2.27. The zero-order chi connectivity index (χ0) is 18.3. The molecule has 0 bridgehead atoms. The third-order valence-corrected chi connectivity index (χ3v) is 5.01. The van der Waals surface area contributed by atoms with Gasteiger partial charge in [0.05, 0.1) is 30.1 Å². The Bertz CT molecular complexity index is 1010. The van der Waals surface area contributed by atoms with E-state index in [4.69, 9.17) is 5.11 Å². The first-order chi connectivity index (χ1) is 12.6. The normalized spacial score (nSPS) is 16.0. The molecule has 1 atom stereocenters. The fourth-order valence-electron chi connectivity index (χ4n) is 3.58. The zero-order valence-corrected chi connectivity index (χ0v) is 14.7. The van der Waals surface area contributed by atoms with Gasteiger partial charge in [0.15, 0.2) is 0 Å². The summed E-state index contributed by atoms with van der Waals surface area (Å²) in [5.41, 5.74) is 3.21. The van der Waals surface area contributed by atoms with Crippen LogP contribution in [-0.4, -0.2) is 42.6 Å². The van der Waals surface area contributed by atoms with Crippen molar-refractivity contribution < 1.29 is 10.2 Å². The molecule has 0 spiro atoms. The summed E-state index contributed by atoms with van der Waals surface area (Å²) in [6, 6.07) is 11.7. The molecule has 2 aromatic heterocycles. The molecular formula is C19H22N4O3. The molecule has 0 unspecified atom stereocenters. The number of hydrogen-bond acceptors (Lipinski definition) is 5. The molecule has 4 rings (SSSR count). The van der Waals surface area contributed by atoms with Crippen LogP contribution in [0.1, 0.15) is 23.1 Å². The van der Waals surface area contributed by atoms with Gasteiger partial charge in [0, 0.05) is 32.2 Å². The molecule has 0 aliphatic carbocycles. The van der Waals surface area contributed by atoms with Gasteiger partial charge in [0.2, 0.25) is 0 Å². The lowest BCUT2D eigenvalue weighted by molar-refractivity contribution is 0.0915. The van der Waals surface area contributed by atoms with E-state index in [9.17, 15) is 9.90 Å².